The summed E-state index contributed by atoms with van der Waals surface area (Å²) in [5.74, 6) is 0.773. The highest BCUT2D eigenvalue weighted by atomic mass is 16.6. The van der Waals surface area contributed by atoms with Crippen LogP contribution in [0, 0.1) is 10.1 Å². The van der Waals surface area contributed by atoms with E-state index in [1.807, 2.05) is 18.2 Å². The van der Waals surface area contributed by atoms with E-state index in [0.717, 1.165) is 12.2 Å². The molecule has 3 aromatic rings. The van der Waals surface area contributed by atoms with Crippen molar-refractivity contribution in [1.29, 1.82) is 0 Å². The molecule has 3 rings (SSSR count). The van der Waals surface area contributed by atoms with Gasteiger partial charge in [0, 0.05) is 24.2 Å². The van der Waals surface area contributed by atoms with Crippen molar-refractivity contribution in [3.05, 3.63) is 94.5 Å². The number of carbonyl (C=O) groups excluding carboxylic acids is 1. The first-order chi connectivity index (χ1) is 14.1. The Morgan fingerprint density at radius 3 is 2.14 bits per heavy atom. The molecular formula is C22H20N2O5. The van der Waals surface area contributed by atoms with Gasteiger partial charge in [0.15, 0.2) is 6.61 Å². The second kappa shape index (κ2) is 9.89. The standard InChI is InChI=1S/C22H20N2O5/c25-22(16-29-21-12-8-19(9-13-21)24(26)27)23-18-6-10-20(11-7-18)28-15-14-17-4-2-1-3-5-17/h1-13H,14-16H2,(H,23,25). The Morgan fingerprint density at radius 2 is 1.48 bits per heavy atom. The van der Waals surface area contributed by atoms with Crippen LogP contribution in [0.25, 0.3) is 0 Å². The minimum Gasteiger partial charge on any atom is -0.493 e. The molecule has 7 heteroatoms. The van der Waals surface area contributed by atoms with E-state index in [4.69, 9.17) is 9.47 Å². The topological polar surface area (TPSA) is 90.7 Å². The number of ether oxygens (including phenoxy) is 2. The maximum Gasteiger partial charge on any atom is 0.269 e. The van der Waals surface area contributed by atoms with Crippen molar-refractivity contribution in [3.8, 4) is 11.5 Å². The van der Waals surface area contributed by atoms with Crippen LogP contribution in [0.3, 0.4) is 0 Å². The average molecular weight is 392 g/mol. The predicted octanol–water partition coefficient (Wildman–Crippen LogP) is 4.23. The van der Waals surface area contributed by atoms with Crippen molar-refractivity contribution < 1.29 is 19.2 Å². The number of nitrogens with zero attached hydrogens (tertiary/aromatic N) is 1. The minimum atomic E-state index is -0.495. The lowest BCUT2D eigenvalue weighted by molar-refractivity contribution is -0.384. The van der Waals surface area contributed by atoms with Crippen LogP contribution in [0.1, 0.15) is 5.56 Å². The van der Waals surface area contributed by atoms with Gasteiger partial charge in [-0.15, -0.1) is 0 Å². The van der Waals surface area contributed by atoms with Gasteiger partial charge in [-0.1, -0.05) is 30.3 Å². The van der Waals surface area contributed by atoms with Gasteiger partial charge in [0.2, 0.25) is 0 Å². The zero-order chi connectivity index (χ0) is 20.5. The van der Waals surface area contributed by atoms with E-state index >= 15 is 0 Å². The highest BCUT2D eigenvalue weighted by Crippen LogP contribution is 2.18. The third-order valence-corrected chi connectivity index (χ3v) is 4.06. The highest BCUT2D eigenvalue weighted by Gasteiger charge is 2.07. The van der Waals surface area contributed by atoms with Crippen molar-refractivity contribution in [1.82, 2.24) is 0 Å². The van der Waals surface area contributed by atoms with Crippen LogP contribution in [0.5, 0.6) is 11.5 Å². The zero-order valence-electron chi connectivity index (χ0n) is 15.6. The number of anilines is 1. The van der Waals surface area contributed by atoms with E-state index in [0.29, 0.717) is 18.0 Å². The normalized spacial score (nSPS) is 10.2. The molecule has 0 heterocycles. The fourth-order valence-electron chi connectivity index (χ4n) is 2.58. The number of non-ortho nitro benzene ring substituents is 1. The molecule has 7 nitrogen and oxygen atoms in total. The number of carbonyl (C=O) groups is 1. The van der Waals surface area contributed by atoms with Crippen LogP contribution >= 0.6 is 0 Å². The van der Waals surface area contributed by atoms with E-state index < -0.39 is 4.92 Å². The molecule has 1 amide bonds. The number of benzene rings is 3. The Morgan fingerprint density at radius 1 is 0.862 bits per heavy atom. The molecule has 0 saturated heterocycles. The van der Waals surface area contributed by atoms with E-state index in [1.54, 1.807) is 24.3 Å². The Balaban J connectivity index is 1.41. The Hall–Kier alpha value is -3.87. The summed E-state index contributed by atoms with van der Waals surface area (Å²) >= 11 is 0. The monoisotopic (exact) mass is 392 g/mol. The van der Waals surface area contributed by atoms with Crippen molar-refractivity contribution in [2.75, 3.05) is 18.5 Å². The van der Waals surface area contributed by atoms with Gasteiger partial charge in [0.05, 0.1) is 11.5 Å². The van der Waals surface area contributed by atoms with Crippen LogP contribution in [0.4, 0.5) is 11.4 Å². The van der Waals surface area contributed by atoms with Gasteiger partial charge in [0.25, 0.3) is 11.6 Å². The van der Waals surface area contributed by atoms with Gasteiger partial charge >= 0.3 is 0 Å². The third-order valence-electron chi connectivity index (χ3n) is 4.06. The molecule has 29 heavy (non-hydrogen) atoms. The van der Waals surface area contributed by atoms with Crippen LogP contribution in [-0.4, -0.2) is 24.0 Å². The first-order valence-electron chi connectivity index (χ1n) is 9.04. The molecule has 0 aliphatic carbocycles. The van der Waals surface area contributed by atoms with Gasteiger partial charge in [0.1, 0.15) is 11.5 Å². The lowest BCUT2D eigenvalue weighted by Crippen LogP contribution is -2.20. The summed E-state index contributed by atoms with van der Waals surface area (Å²) in [7, 11) is 0. The smallest absolute Gasteiger partial charge is 0.269 e. The van der Waals surface area contributed by atoms with Crippen molar-refractivity contribution in [2.45, 2.75) is 6.42 Å². The first kappa shape index (κ1) is 19.9. The number of rotatable bonds is 9. The zero-order valence-corrected chi connectivity index (χ0v) is 15.6. The molecule has 148 valence electrons. The second-order valence-electron chi connectivity index (χ2n) is 6.20. The first-order valence-corrected chi connectivity index (χ1v) is 9.04. The molecule has 0 unspecified atom stereocenters. The summed E-state index contributed by atoms with van der Waals surface area (Å²) in [6.07, 6.45) is 0.819. The number of hydrogen-bond acceptors (Lipinski definition) is 5. The fraction of sp³-hybridized carbons (Fsp3) is 0.136. The van der Waals surface area contributed by atoms with Crippen LogP contribution < -0.4 is 14.8 Å². The van der Waals surface area contributed by atoms with Gasteiger partial charge in [-0.25, -0.2) is 0 Å². The van der Waals surface area contributed by atoms with Gasteiger partial charge < -0.3 is 14.8 Å². The number of amides is 1. The lowest BCUT2D eigenvalue weighted by Gasteiger charge is -2.09. The minimum absolute atomic E-state index is 0.0344. The Kier molecular flexibility index (Phi) is 6.78. The van der Waals surface area contributed by atoms with Crippen molar-refractivity contribution >= 4 is 17.3 Å². The van der Waals surface area contributed by atoms with E-state index in [1.165, 1.54) is 29.8 Å². The molecule has 0 fully saturated rings. The summed E-state index contributed by atoms with van der Waals surface area (Å²) in [6.45, 7) is 0.367. The Bertz CT molecular complexity index is 941. The summed E-state index contributed by atoms with van der Waals surface area (Å²) < 4.78 is 11.1. The number of hydrogen-bond donors (Lipinski definition) is 1. The SMILES string of the molecule is O=C(COc1ccc([N+](=O)[O-])cc1)Nc1ccc(OCCc2ccccc2)cc1. The predicted molar refractivity (Wildman–Crippen MR) is 109 cm³/mol. The average Bonchev–Trinajstić information content (AvgIpc) is 2.74. The van der Waals surface area contributed by atoms with Gasteiger partial charge in [-0.2, -0.15) is 0 Å². The summed E-state index contributed by atoms with van der Waals surface area (Å²) in [5, 5.41) is 13.3. The molecule has 0 aromatic heterocycles. The quantitative estimate of drug-likeness (QED) is 0.435. The van der Waals surface area contributed by atoms with Gasteiger partial charge in [-0.05, 0) is 42.0 Å². The van der Waals surface area contributed by atoms with Gasteiger partial charge in [-0.3, -0.25) is 14.9 Å². The lowest BCUT2D eigenvalue weighted by atomic mass is 10.2. The molecule has 0 radical (unpaired) electrons. The molecule has 0 aliphatic heterocycles. The number of nitro benzene ring substituents is 1. The van der Waals surface area contributed by atoms with Crippen molar-refractivity contribution in [2.24, 2.45) is 0 Å². The molecule has 0 aliphatic rings. The molecule has 0 spiro atoms. The summed E-state index contributed by atoms with van der Waals surface area (Å²) in [4.78, 5) is 22.1. The molecule has 0 saturated carbocycles. The molecule has 3 aromatic carbocycles. The third kappa shape index (κ3) is 6.35. The maximum atomic E-state index is 12.0. The molecular weight excluding hydrogens is 372 g/mol. The molecule has 0 atom stereocenters. The molecule has 0 bridgehead atoms. The van der Waals surface area contributed by atoms with E-state index in [2.05, 4.69) is 17.4 Å². The largest absolute Gasteiger partial charge is 0.493 e. The Labute approximate surface area is 168 Å². The van der Waals surface area contributed by atoms with E-state index in [9.17, 15) is 14.9 Å². The maximum absolute atomic E-state index is 12.0. The highest BCUT2D eigenvalue weighted by molar-refractivity contribution is 5.91. The second-order valence-corrected chi connectivity index (χ2v) is 6.20. The molecule has 1 N–H and O–H groups in total. The van der Waals surface area contributed by atoms with Crippen LogP contribution in [0.15, 0.2) is 78.9 Å². The number of nitro groups is 1. The van der Waals surface area contributed by atoms with Crippen LogP contribution in [0.2, 0.25) is 0 Å². The fourth-order valence-corrected chi connectivity index (χ4v) is 2.58. The summed E-state index contributed by atoms with van der Waals surface area (Å²) in [6, 6.07) is 22.7. The summed E-state index contributed by atoms with van der Waals surface area (Å²) in [5.41, 5.74) is 1.80. The van der Waals surface area contributed by atoms with Crippen molar-refractivity contribution in [3.63, 3.8) is 0 Å². The number of nitrogens with one attached hydrogen (secondary N) is 1. The van der Waals surface area contributed by atoms with E-state index in [-0.39, 0.29) is 18.2 Å². The van der Waals surface area contributed by atoms with Crippen LogP contribution in [-0.2, 0) is 11.2 Å².